The molecule has 8 nitrogen and oxygen atoms in total. The van der Waals surface area contributed by atoms with Crippen molar-refractivity contribution in [2.24, 2.45) is 5.73 Å². The standard InChI is InChI=1S/C32H29N3O5S/c33-32(38)27-17-23(20-6-2-1-3-7-20)16-26-28(19-34-30(26)27)21-10-13-35(14-11-21)41(39,40)15-12-22-18-29(36)24-8-4-5-9-25(24)31(22)37/h1-9,16-19,21,34H,10-15H2,(H2,33,38). The van der Waals surface area contributed by atoms with Crippen LogP contribution in [0.4, 0.5) is 0 Å². The summed E-state index contributed by atoms with van der Waals surface area (Å²) >= 11 is 0. The van der Waals surface area contributed by atoms with Crippen molar-refractivity contribution in [3.05, 3.63) is 107 Å². The number of aromatic nitrogens is 1. The maximum absolute atomic E-state index is 13.2. The minimum absolute atomic E-state index is 0.0121. The Morgan fingerprint density at radius 2 is 1.61 bits per heavy atom. The van der Waals surface area contributed by atoms with Crippen LogP contribution in [-0.4, -0.2) is 54.0 Å². The van der Waals surface area contributed by atoms with Gasteiger partial charge in [0.15, 0.2) is 11.6 Å². The first kappa shape index (κ1) is 26.9. The number of carbonyl (C=O) groups is 3. The average Bonchev–Trinajstić information content (AvgIpc) is 3.42. The summed E-state index contributed by atoms with van der Waals surface area (Å²) < 4.78 is 27.9. The van der Waals surface area contributed by atoms with Gasteiger partial charge >= 0.3 is 0 Å². The molecule has 6 rings (SSSR count). The number of aromatic amines is 1. The fourth-order valence-electron chi connectivity index (χ4n) is 5.95. The molecule has 9 heteroatoms. The topological polar surface area (TPSA) is 130 Å². The third-order valence-electron chi connectivity index (χ3n) is 8.14. The van der Waals surface area contributed by atoms with Crippen LogP contribution in [0.1, 0.15) is 61.8 Å². The van der Waals surface area contributed by atoms with Gasteiger partial charge in [-0.25, -0.2) is 12.7 Å². The number of hydrogen-bond donors (Lipinski definition) is 2. The van der Waals surface area contributed by atoms with Crippen molar-refractivity contribution in [1.82, 2.24) is 9.29 Å². The molecule has 0 radical (unpaired) electrons. The molecule has 208 valence electrons. The molecule has 1 aliphatic heterocycles. The number of fused-ring (bicyclic) bond motifs is 2. The number of benzene rings is 3. The summed E-state index contributed by atoms with van der Waals surface area (Å²) in [5, 5.41) is 0.911. The van der Waals surface area contributed by atoms with Gasteiger partial charge in [-0.2, -0.15) is 0 Å². The minimum Gasteiger partial charge on any atom is -0.366 e. The van der Waals surface area contributed by atoms with Crippen molar-refractivity contribution in [3.63, 3.8) is 0 Å². The van der Waals surface area contributed by atoms with Gasteiger partial charge in [0.1, 0.15) is 0 Å². The number of nitrogens with two attached hydrogens (primary N) is 1. The summed E-state index contributed by atoms with van der Waals surface area (Å²) in [6.45, 7) is 0.685. The SMILES string of the molecule is NC(=O)c1cc(-c2ccccc2)cc2c(C3CCN(S(=O)(=O)CCC4=CC(=O)c5ccccc5C4=O)CC3)c[nH]c12. The number of piperidine rings is 1. The highest BCUT2D eigenvalue weighted by Gasteiger charge is 2.32. The molecule has 41 heavy (non-hydrogen) atoms. The number of H-pyrrole nitrogens is 1. The molecule has 1 amide bonds. The molecular weight excluding hydrogens is 538 g/mol. The Morgan fingerprint density at radius 1 is 0.927 bits per heavy atom. The first-order valence-electron chi connectivity index (χ1n) is 13.6. The Balaban J connectivity index is 1.17. The van der Waals surface area contributed by atoms with Crippen molar-refractivity contribution in [2.75, 3.05) is 18.8 Å². The predicted molar refractivity (Wildman–Crippen MR) is 157 cm³/mol. The third kappa shape index (κ3) is 5.03. The van der Waals surface area contributed by atoms with Crippen LogP contribution >= 0.6 is 0 Å². The lowest BCUT2D eigenvalue weighted by Crippen LogP contribution is -2.39. The normalized spacial score (nSPS) is 16.5. The molecule has 3 aromatic carbocycles. The molecule has 2 aliphatic rings. The van der Waals surface area contributed by atoms with E-state index in [1.54, 1.807) is 30.3 Å². The van der Waals surface area contributed by atoms with Crippen LogP contribution in [0, 0.1) is 0 Å². The number of sulfonamides is 1. The highest BCUT2D eigenvalue weighted by Crippen LogP contribution is 2.37. The lowest BCUT2D eigenvalue weighted by atomic mass is 9.88. The molecule has 4 aromatic rings. The highest BCUT2D eigenvalue weighted by molar-refractivity contribution is 7.89. The van der Waals surface area contributed by atoms with E-state index in [9.17, 15) is 22.8 Å². The molecule has 1 aliphatic carbocycles. The molecule has 0 spiro atoms. The molecule has 1 fully saturated rings. The highest BCUT2D eigenvalue weighted by atomic mass is 32.2. The first-order valence-corrected chi connectivity index (χ1v) is 15.2. The second-order valence-corrected chi connectivity index (χ2v) is 12.7. The van der Waals surface area contributed by atoms with Crippen LogP contribution in [0.3, 0.4) is 0 Å². The molecule has 0 bridgehead atoms. The Kier molecular flexibility index (Phi) is 6.93. The number of allylic oxidation sites excluding steroid dienone is 2. The van der Waals surface area contributed by atoms with E-state index >= 15 is 0 Å². The van der Waals surface area contributed by atoms with Gasteiger partial charge in [0.05, 0.1) is 16.8 Å². The molecular formula is C32H29N3O5S. The second kappa shape index (κ2) is 10.6. The van der Waals surface area contributed by atoms with Crippen molar-refractivity contribution in [2.45, 2.75) is 25.2 Å². The number of primary amides is 1. The van der Waals surface area contributed by atoms with Crippen molar-refractivity contribution in [3.8, 4) is 11.1 Å². The number of nitrogens with zero attached hydrogens (tertiary/aromatic N) is 1. The van der Waals surface area contributed by atoms with Crippen LogP contribution in [0.5, 0.6) is 0 Å². The number of hydrogen-bond acceptors (Lipinski definition) is 5. The van der Waals surface area contributed by atoms with E-state index in [1.165, 1.54) is 10.4 Å². The van der Waals surface area contributed by atoms with Crippen molar-refractivity contribution >= 4 is 38.4 Å². The number of nitrogens with one attached hydrogen (secondary N) is 1. The Hall–Kier alpha value is -4.34. The predicted octanol–water partition coefficient (Wildman–Crippen LogP) is 4.84. The van der Waals surface area contributed by atoms with Crippen molar-refractivity contribution in [1.29, 1.82) is 0 Å². The van der Waals surface area contributed by atoms with Gasteiger partial charge in [0.2, 0.25) is 10.0 Å². The number of amides is 1. The zero-order valence-corrected chi connectivity index (χ0v) is 23.1. The molecule has 0 atom stereocenters. The Bertz CT molecular complexity index is 1830. The van der Waals surface area contributed by atoms with E-state index in [1.807, 2.05) is 36.5 Å². The summed E-state index contributed by atoms with van der Waals surface area (Å²) in [5.74, 6) is -1.22. The molecule has 1 saturated heterocycles. The fraction of sp³-hybridized carbons (Fsp3) is 0.219. The van der Waals surface area contributed by atoms with Gasteiger partial charge in [0.25, 0.3) is 5.91 Å². The monoisotopic (exact) mass is 567 g/mol. The van der Waals surface area contributed by atoms with E-state index in [2.05, 4.69) is 11.1 Å². The fourth-order valence-corrected chi connectivity index (χ4v) is 7.45. The summed E-state index contributed by atoms with van der Waals surface area (Å²) in [6.07, 6.45) is 4.38. The lowest BCUT2D eigenvalue weighted by Gasteiger charge is -2.31. The van der Waals surface area contributed by atoms with Gasteiger partial charge in [-0.1, -0.05) is 54.6 Å². The maximum Gasteiger partial charge on any atom is 0.250 e. The van der Waals surface area contributed by atoms with E-state index in [-0.39, 0.29) is 35.2 Å². The zero-order valence-electron chi connectivity index (χ0n) is 22.3. The second-order valence-electron chi connectivity index (χ2n) is 10.6. The van der Waals surface area contributed by atoms with Crippen LogP contribution in [0.25, 0.3) is 22.0 Å². The molecule has 0 unspecified atom stereocenters. The zero-order chi connectivity index (χ0) is 28.7. The number of carbonyl (C=O) groups excluding carboxylic acids is 3. The maximum atomic E-state index is 13.2. The minimum atomic E-state index is -3.64. The summed E-state index contributed by atoms with van der Waals surface area (Å²) in [5.41, 5.74) is 10.6. The smallest absolute Gasteiger partial charge is 0.250 e. The van der Waals surface area contributed by atoms with Crippen LogP contribution in [0.2, 0.25) is 0 Å². The molecule has 0 saturated carbocycles. The largest absolute Gasteiger partial charge is 0.366 e. The lowest BCUT2D eigenvalue weighted by molar-refractivity contribution is 0.0982. The van der Waals surface area contributed by atoms with Gasteiger partial charge in [-0.3, -0.25) is 14.4 Å². The van der Waals surface area contributed by atoms with Crippen LogP contribution < -0.4 is 5.73 Å². The average molecular weight is 568 g/mol. The van der Waals surface area contributed by atoms with Gasteiger partial charge in [0, 0.05) is 41.4 Å². The van der Waals surface area contributed by atoms with E-state index in [0.29, 0.717) is 48.1 Å². The van der Waals surface area contributed by atoms with Crippen LogP contribution in [-0.2, 0) is 10.0 Å². The molecule has 2 heterocycles. The Labute approximate surface area is 237 Å². The third-order valence-corrected chi connectivity index (χ3v) is 10.0. The van der Waals surface area contributed by atoms with Gasteiger partial charge < -0.3 is 10.7 Å². The summed E-state index contributed by atoms with van der Waals surface area (Å²) in [7, 11) is -3.64. The van der Waals surface area contributed by atoms with Gasteiger partial charge in [-0.05, 0) is 60.1 Å². The quantitative estimate of drug-likeness (QED) is 0.330. The molecule has 3 N–H and O–H groups in total. The summed E-state index contributed by atoms with van der Waals surface area (Å²) in [6, 6.07) is 20.2. The molecule has 1 aromatic heterocycles. The van der Waals surface area contributed by atoms with Gasteiger partial charge in [-0.15, -0.1) is 0 Å². The van der Waals surface area contributed by atoms with Crippen molar-refractivity contribution < 1.29 is 22.8 Å². The number of ketones is 2. The Morgan fingerprint density at radius 3 is 2.32 bits per heavy atom. The summed E-state index contributed by atoms with van der Waals surface area (Å²) in [4.78, 5) is 40.8. The van der Waals surface area contributed by atoms with E-state index in [0.717, 1.165) is 22.1 Å². The number of Topliss-reactive ketones (excluding diaryl/α,β-unsaturated/α-hetero) is 1. The first-order chi connectivity index (χ1) is 19.7. The van der Waals surface area contributed by atoms with E-state index in [4.69, 9.17) is 5.73 Å². The van der Waals surface area contributed by atoms with Crippen LogP contribution in [0.15, 0.2) is 84.6 Å². The number of rotatable bonds is 7. The van der Waals surface area contributed by atoms with E-state index < -0.39 is 15.9 Å².